The number of likely N-dealkylation sites (tertiary alicyclic amines) is 1. The second kappa shape index (κ2) is 20.0. The monoisotopic (exact) mass is 733 g/mol. The highest BCUT2D eigenvalue weighted by molar-refractivity contribution is 5.88. The zero-order chi connectivity index (χ0) is 38.5. The number of amides is 3. The third kappa shape index (κ3) is 10.6. The van der Waals surface area contributed by atoms with Crippen molar-refractivity contribution in [3.63, 3.8) is 0 Å². The molecule has 3 N–H and O–H groups in total. The number of hydrogen-bond acceptors (Lipinski definition) is 6. The minimum absolute atomic E-state index is 0.162. The summed E-state index contributed by atoms with van der Waals surface area (Å²) in [6.07, 6.45) is 9.34. The number of alkyl carbamates (subject to hydrolysis) is 1. The van der Waals surface area contributed by atoms with Crippen molar-refractivity contribution in [1.29, 1.82) is 0 Å². The second-order valence-corrected chi connectivity index (χ2v) is 14.7. The molecule has 0 radical (unpaired) electrons. The van der Waals surface area contributed by atoms with E-state index in [1.165, 1.54) is 35.1 Å². The maximum absolute atomic E-state index is 13.8. The Kier molecular flexibility index (Phi) is 14.9. The number of unbranched alkanes of at least 4 members (excludes halogenated alkanes) is 2. The number of fused-ring (bicyclic) bond motifs is 1. The Morgan fingerprint density at radius 3 is 2.41 bits per heavy atom. The second-order valence-electron chi connectivity index (χ2n) is 14.7. The number of carbonyl (C=O) groups is 3. The average Bonchev–Trinajstić information content (AvgIpc) is 3.66. The van der Waals surface area contributed by atoms with Crippen molar-refractivity contribution in [1.82, 2.24) is 15.5 Å². The van der Waals surface area contributed by atoms with Crippen molar-refractivity contribution in [2.24, 2.45) is 10.9 Å². The van der Waals surface area contributed by atoms with Crippen LogP contribution in [0, 0.1) is 5.92 Å². The highest BCUT2D eigenvalue weighted by Crippen LogP contribution is 2.40. The average molecular weight is 734 g/mol. The van der Waals surface area contributed by atoms with Gasteiger partial charge in [0.05, 0.1) is 7.11 Å². The van der Waals surface area contributed by atoms with Gasteiger partial charge in [-0.05, 0) is 116 Å². The molecule has 0 aromatic heterocycles. The molecule has 3 atom stereocenters. The summed E-state index contributed by atoms with van der Waals surface area (Å²) in [5, 5.41) is 9.36. The maximum atomic E-state index is 13.8. The number of nitrogens with one attached hydrogen (secondary N) is 3. The Balaban J connectivity index is 1.24. The standard InChI is InChI=1S/C45H59N5O4/c1-6-8-19-41(51)46-28-13-12-15-32(4)47-39-27-23-36-30-35(22-26-38(36)42(39)31(3)7-2)33-20-24-37(25-21-33)48-40-18-14-29-50(40)44(52)43(49-45(53)54-5)34-16-10-9-11-17-34/h9-11,16-17,20-22,24-26,30-31,40,43,48H,6-8,12-15,18-19,23,27-29H2,1-5H3,(H,46,51)(H,49,53)/t31?,40?,43-/m1/s1. The Morgan fingerprint density at radius 1 is 0.926 bits per heavy atom. The molecule has 2 unspecified atom stereocenters. The molecule has 1 heterocycles. The zero-order valence-corrected chi connectivity index (χ0v) is 32.9. The molecule has 1 saturated heterocycles. The fourth-order valence-corrected chi connectivity index (χ4v) is 7.51. The number of ether oxygens (including phenoxy) is 1. The SMILES string of the molecule is CCCCC(=O)NCCCCC(C)=NC1=C(C(C)CC)c2ccc(-c3ccc(NC4CCCN4C(=O)[C@H](NC(=O)OC)c4ccccc4)cc3)cc2CC1. The molecular weight excluding hydrogens is 675 g/mol. The normalized spacial score (nSPS) is 16.7. The van der Waals surface area contributed by atoms with Crippen LogP contribution in [0.5, 0.6) is 0 Å². The van der Waals surface area contributed by atoms with Crippen LogP contribution in [-0.2, 0) is 20.7 Å². The molecule has 5 rings (SSSR count). The molecule has 1 aliphatic carbocycles. The van der Waals surface area contributed by atoms with E-state index in [1.807, 2.05) is 35.2 Å². The molecule has 1 fully saturated rings. The molecule has 3 amide bonds. The van der Waals surface area contributed by atoms with Crippen molar-refractivity contribution >= 4 is 34.9 Å². The van der Waals surface area contributed by atoms with E-state index in [4.69, 9.17) is 9.73 Å². The number of allylic oxidation sites excluding steroid dienone is 2. The van der Waals surface area contributed by atoms with Crippen LogP contribution < -0.4 is 16.0 Å². The molecule has 2 aliphatic rings. The first kappa shape index (κ1) is 40.3. The predicted molar refractivity (Wildman–Crippen MR) is 219 cm³/mol. The Bertz CT molecular complexity index is 1790. The number of aliphatic imine (C=N–C) groups is 1. The molecule has 0 bridgehead atoms. The molecule has 0 saturated carbocycles. The van der Waals surface area contributed by atoms with Crippen LogP contribution in [0.1, 0.15) is 115 Å². The van der Waals surface area contributed by atoms with Crippen LogP contribution in [0.25, 0.3) is 16.7 Å². The van der Waals surface area contributed by atoms with Crippen molar-refractivity contribution in [2.75, 3.05) is 25.5 Å². The Labute approximate surface area is 322 Å². The summed E-state index contributed by atoms with van der Waals surface area (Å²) in [5.74, 6) is 0.406. The summed E-state index contributed by atoms with van der Waals surface area (Å²) in [5.41, 5.74) is 10.4. The van der Waals surface area contributed by atoms with Gasteiger partial charge in [-0.1, -0.05) is 87.9 Å². The molecule has 0 spiro atoms. The highest BCUT2D eigenvalue weighted by atomic mass is 16.5. The number of hydrogen-bond donors (Lipinski definition) is 3. The van der Waals surface area contributed by atoms with Crippen LogP contribution in [0.4, 0.5) is 10.5 Å². The lowest BCUT2D eigenvalue weighted by molar-refractivity contribution is -0.133. The smallest absolute Gasteiger partial charge is 0.407 e. The van der Waals surface area contributed by atoms with Gasteiger partial charge >= 0.3 is 6.09 Å². The van der Waals surface area contributed by atoms with Crippen molar-refractivity contribution in [3.05, 3.63) is 95.2 Å². The van der Waals surface area contributed by atoms with Gasteiger partial charge in [0.15, 0.2) is 0 Å². The summed E-state index contributed by atoms with van der Waals surface area (Å²) in [6, 6.07) is 23.8. The van der Waals surface area contributed by atoms with Gasteiger partial charge in [-0.3, -0.25) is 14.6 Å². The zero-order valence-electron chi connectivity index (χ0n) is 32.9. The molecule has 9 nitrogen and oxygen atoms in total. The molecule has 54 heavy (non-hydrogen) atoms. The Hall–Kier alpha value is -4.92. The van der Waals surface area contributed by atoms with Gasteiger partial charge in [0.1, 0.15) is 12.2 Å². The number of aryl methyl sites for hydroxylation is 1. The summed E-state index contributed by atoms with van der Waals surface area (Å²) in [4.78, 5) is 44.9. The quantitative estimate of drug-likeness (QED) is 0.0946. The van der Waals surface area contributed by atoms with Gasteiger partial charge in [0.25, 0.3) is 5.91 Å². The van der Waals surface area contributed by atoms with E-state index in [1.54, 1.807) is 0 Å². The molecule has 288 valence electrons. The summed E-state index contributed by atoms with van der Waals surface area (Å²) in [7, 11) is 1.30. The molecule has 3 aromatic rings. The summed E-state index contributed by atoms with van der Waals surface area (Å²) < 4.78 is 4.83. The topological polar surface area (TPSA) is 112 Å². The fraction of sp³-hybridized carbons (Fsp3) is 0.467. The van der Waals surface area contributed by atoms with Crippen LogP contribution in [-0.4, -0.2) is 54.9 Å². The van der Waals surface area contributed by atoms with Crippen LogP contribution in [0.2, 0.25) is 0 Å². The van der Waals surface area contributed by atoms with Gasteiger partial charge in [-0.2, -0.15) is 0 Å². The van der Waals surface area contributed by atoms with Gasteiger partial charge < -0.3 is 25.6 Å². The van der Waals surface area contributed by atoms with Crippen molar-refractivity contribution in [2.45, 2.75) is 111 Å². The van der Waals surface area contributed by atoms with E-state index >= 15 is 0 Å². The third-order valence-corrected chi connectivity index (χ3v) is 10.7. The third-order valence-electron chi connectivity index (χ3n) is 10.7. The van der Waals surface area contributed by atoms with Crippen molar-refractivity contribution in [3.8, 4) is 11.1 Å². The first-order chi connectivity index (χ1) is 26.2. The molecule has 1 aliphatic heterocycles. The number of nitrogens with zero attached hydrogens (tertiary/aromatic N) is 2. The van der Waals surface area contributed by atoms with E-state index in [-0.39, 0.29) is 18.0 Å². The van der Waals surface area contributed by atoms with E-state index < -0.39 is 12.1 Å². The highest BCUT2D eigenvalue weighted by Gasteiger charge is 2.35. The molecule has 9 heteroatoms. The predicted octanol–water partition coefficient (Wildman–Crippen LogP) is 9.45. The minimum Gasteiger partial charge on any atom is -0.453 e. The Morgan fingerprint density at radius 2 is 1.69 bits per heavy atom. The lowest BCUT2D eigenvalue weighted by atomic mass is 9.80. The lowest BCUT2D eigenvalue weighted by Crippen LogP contribution is -2.47. The van der Waals surface area contributed by atoms with Crippen LogP contribution in [0.3, 0.4) is 0 Å². The fourth-order valence-electron chi connectivity index (χ4n) is 7.51. The number of methoxy groups -OCH3 is 1. The van der Waals surface area contributed by atoms with E-state index in [0.717, 1.165) is 87.7 Å². The van der Waals surface area contributed by atoms with Gasteiger partial charge in [-0.25, -0.2) is 4.79 Å². The first-order valence-corrected chi connectivity index (χ1v) is 20.0. The van der Waals surface area contributed by atoms with Gasteiger partial charge in [-0.15, -0.1) is 0 Å². The number of carbonyl (C=O) groups excluding carboxylic acids is 3. The minimum atomic E-state index is -0.832. The van der Waals surface area contributed by atoms with E-state index in [9.17, 15) is 14.4 Å². The van der Waals surface area contributed by atoms with Crippen LogP contribution >= 0.6 is 0 Å². The van der Waals surface area contributed by atoms with Gasteiger partial charge in [0.2, 0.25) is 5.91 Å². The maximum Gasteiger partial charge on any atom is 0.407 e. The van der Waals surface area contributed by atoms with E-state index in [2.05, 4.69) is 86.1 Å². The van der Waals surface area contributed by atoms with Gasteiger partial charge in [0, 0.05) is 36.6 Å². The summed E-state index contributed by atoms with van der Waals surface area (Å²) in [6.45, 7) is 10.2. The van der Waals surface area contributed by atoms with E-state index in [0.29, 0.717) is 24.4 Å². The number of rotatable bonds is 17. The number of anilines is 1. The largest absolute Gasteiger partial charge is 0.453 e. The van der Waals surface area contributed by atoms with Crippen molar-refractivity contribution < 1.29 is 19.1 Å². The molecular formula is C45H59N5O4. The lowest BCUT2D eigenvalue weighted by Gasteiger charge is -2.30. The molecule has 3 aromatic carbocycles. The van der Waals surface area contributed by atoms with Crippen LogP contribution in [0.15, 0.2) is 83.5 Å². The number of benzene rings is 3. The summed E-state index contributed by atoms with van der Waals surface area (Å²) >= 11 is 0. The first-order valence-electron chi connectivity index (χ1n) is 20.0.